The molecule has 2 aromatic rings. The van der Waals surface area contributed by atoms with Crippen LogP contribution in [-0.4, -0.2) is 45.2 Å². The fourth-order valence-corrected chi connectivity index (χ4v) is 5.12. The number of para-hydroxylation sites is 1. The van der Waals surface area contributed by atoms with E-state index in [-0.39, 0.29) is 35.9 Å². The first-order valence-corrected chi connectivity index (χ1v) is 9.30. The molecule has 1 aromatic heterocycles. The molecule has 4 heterocycles. The zero-order valence-electron chi connectivity index (χ0n) is 14.7. The van der Waals surface area contributed by atoms with E-state index in [0.717, 1.165) is 30.6 Å². The highest BCUT2D eigenvalue weighted by atomic mass is 16.2. The summed E-state index contributed by atoms with van der Waals surface area (Å²) in [6, 6.07) is 7.61. The van der Waals surface area contributed by atoms with Crippen LogP contribution >= 0.6 is 0 Å². The normalized spacial score (nSPS) is 28.5. The molecule has 2 amide bonds. The van der Waals surface area contributed by atoms with E-state index < -0.39 is 0 Å². The second-order valence-electron chi connectivity index (χ2n) is 7.91. The Balaban J connectivity index is 1.71. The molecule has 5 rings (SSSR count). The number of carbonyl (C=O) groups is 2. The van der Waals surface area contributed by atoms with Crippen molar-refractivity contribution in [3.63, 3.8) is 0 Å². The minimum atomic E-state index is -0.346. The maximum absolute atomic E-state index is 13.2. The minimum absolute atomic E-state index is 0.0552. The third-order valence-corrected chi connectivity index (χ3v) is 6.17. The second kappa shape index (κ2) is 5.10. The van der Waals surface area contributed by atoms with Gasteiger partial charge in [-0.05, 0) is 30.4 Å². The van der Waals surface area contributed by atoms with Crippen LogP contribution in [0.1, 0.15) is 44.0 Å². The highest BCUT2D eigenvalue weighted by Crippen LogP contribution is 2.44. The number of hydrogen-bond acceptors (Lipinski definition) is 2. The molecule has 0 unspecified atom stereocenters. The Morgan fingerprint density at radius 1 is 1.12 bits per heavy atom. The fourth-order valence-electron chi connectivity index (χ4n) is 5.12. The van der Waals surface area contributed by atoms with Gasteiger partial charge in [-0.2, -0.15) is 0 Å². The molecular formula is C20H23N3O2. The number of aromatic amines is 1. The number of nitrogens with zero attached hydrogens (tertiary/aromatic N) is 2. The average molecular weight is 337 g/mol. The molecule has 5 nitrogen and oxygen atoms in total. The number of piperazine rings is 1. The quantitative estimate of drug-likeness (QED) is 0.870. The molecule has 3 aliphatic rings. The van der Waals surface area contributed by atoms with Crippen molar-refractivity contribution >= 4 is 22.7 Å². The van der Waals surface area contributed by atoms with Crippen LogP contribution < -0.4 is 0 Å². The van der Waals surface area contributed by atoms with Crippen molar-refractivity contribution in [1.29, 1.82) is 0 Å². The van der Waals surface area contributed by atoms with Crippen molar-refractivity contribution in [3.05, 3.63) is 35.5 Å². The van der Waals surface area contributed by atoms with E-state index in [1.54, 1.807) is 0 Å². The first-order valence-electron chi connectivity index (χ1n) is 9.30. The van der Waals surface area contributed by atoms with Crippen molar-refractivity contribution in [1.82, 2.24) is 14.8 Å². The zero-order valence-corrected chi connectivity index (χ0v) is 14.7. The summed E-state index contributed by atoms with van der Waals surface area (Å²) in [6.07, 6.45) is 2.36. The van der Waals surface area contributed by atoms with Gasteiger partial charge >= 0.3 is 0 Å². The molecule has 5 heteroatoms. The molecule has 0 spiro atoms. The first kappa shape index (κ1) is 15.0. The van der Waals surface area contributed by atoms with Gasteiger partial charge in [-0.1, -0.05) is 32.0 Å². The van der Waals surface area contributed by atoms with Gasteiger partial charge in [0.15, 0.2) is 0 Å². The molecule has 1 N–H and O–H groups in total. The van der Waals surface area contributed by atoms with Gasteiger partial charge < -0.3 is 14.8 Å². The van der Waals surface area contributed by atoms with Gasteiger partial charge in [-0.15, -0.1) is 0 Å². The molecule has 1 aromatic carbocycles. The number of aromatic nitrogens is 1. The molecule has 0 bridgehead atoms. The Morgan fingerprint density at radius 3 is 2.72 bits per heavy atom. The molecule has 2 saturated heterocycles. The second-order valence-corrected chi connectivity index (χ2v) is 7.91. The van der Waals surface area contributed by atoms with E-state index in [0.29, 0.717) is 6.42 Å². The molecule has 3 atom stereocenters. The Kier molecular flexibility index (Phi) is 3.06. The Morgan fingerprint density at radius 2 is 1.92 bits per heavy atom. The smallest absolute Gasteiger partial charge is 0.246 e. The summed E-state index contributed by atoms with van der Waals surface area (Å²) >= 11 is 0. The van der Waals surface area contributed by atoms with E-state index >= 15 is 0 Å². The van der Waals surface area contributed by atoms with Gasteiger partial charge in [0.25, 0.3) is 0 Å². The summed E-state index contributed by atoms with van der Waals surface area (Å²) in [6.45, 7) is 5.01. The lowest BCUT2D eigenvalue weighted by molar-refractivity contribution is -0.164. The van der Waals surface area contributed by atoms with Crippen LogP contribution in [0.2, 0.25) is 0 Å². The van der Waals surface area contributed by atoms with Crippen molar-refractivity contribution in [2.24, 2.45) is 5.92 Å². The summed E-state index contributed by atoms with van der Waals surface area (Å²) in [5.41, 5.74) is 3.44. The van der Waals surface area contributed by atoms with Gasteiger partial charge in [0, 0.05) is 29.6 Å². The topological polar surface area (TPSA) is 56.4 Å². The highest BCUT2D eigenvalue weighted by molar-refractivity contribution is 5.99. The minimum Gasteiger partial charge on any atom is -0.356 e. The highest BCUT2D eigenvalue weighted by Gasteiger charge is 2.53. The predicted octanol–water partition coefficient (Wildman–Crippen LogP) is 2.62. The lowest BCUT2D eigenvalue weighted by Gasteiger charge is -2.49. The van der Waals surface area contributed by atoms with Crippen LogP contribution in [0, 0.1) is 5.92 Å². The van der Waals surface area contributed by atoms with Crippen LogP contribution in [0.5, 0.6) is 0 Å². The number of amides is 2. The number of fused-ring (bicyclic) bond motifs is 5. The third kappa shape index (κ3) is 1.89. The number of benzene rings is 1. The van der Waals surface area contributed by atoms with E-state index in [1.165, 1.54) is 10.9 Å². The lowest BCUT2D eigenvalue weighted by atomic mass is 9.84. The van der Waals surface area contributed by atoms with Gasteiger partial charge in [0.1, 0.15) is 12.1 Å². The largest absolute Gasteiger partial charge is 0.356 e. The van der Waals surface area contributed by atoms with Crippen molar-refractivity contribution < 1.29 is 9.59 Å². The van der Waals surface area contributed by atoms with E-state index in [9.17, 15) is 9.59 Å². The SMILES string of the molecule is CC(C)[C@@H]1c2[nH]c3ccccc3c2C[C@H]2C(=O)N3CCC[C@H]3C(=O)N21. The Labute approximate surface area is 147 Å². The van der Waals surface area contributed by atoms with Crippen LogP contribution in [0.25, 0.3) is 10.9 Å². The third-order valence-electron chi connectivity index (χ3n) is 6.17. The van der Waals surface area contributed by atoms with Gasteiger partial charge in [-0.3, -0.25) is 9.59 Å². The summed E-state index contributed by atoms with van der Waals surface area (Å²) in [4.78, 5) is 33.7. The van der Waals surface area contributed by atoms with Crippen molar-refractivity contribution in [3.8, 4) is 0 Å². The molecule has 3 aliphatic heterocycles. The Bertz CT molecular complexity index is 884. The molecule has 25 heavy (non-hydrogen) atoms. The van der Waals surface area contributed by atoms with Gasteiger partial charge in [-0.25, -0.2) is 0 Å². The van der Waals surface area contributed by atoms with Crippen LogP contribution in [0.4, 0.5) is 0 Å². The summed E-state index contributed by atoms with van der Waals surface area (Å²) < 4.78 is 0. The first-order chi connectivity index (χ1) is 12.1. The summed E-state index contributed by atoms with van der Waals surface area (Å²) in [5.74, 6) is 0.535. The zero-order chi connectivity index (χ0) is 17.3. The molecular weight excluding hydrogens is 314 g/mol. The molecule has 0 aliphatic carbocycles. The lowest BCUT2D eigenvalue weighted by Crippen LogP contribution is -2.65. The fraction of sp³-hybridized carbons (Fsp3) is 0.500. The molecule has 2 fully saturated rings. The Hall–Kier alpha value is -2.30. The van der Waals surface area contributed by atoms with Crippen LogP contribution in [0.3, 0.4) is 0 Å². The monoisotopic (exact) mass is 337 g/mol. The summed E-state index contributed by atoms with van der Waals surface area (Å²) in [5, 5.41) is 1.19. The van der Waals surface area contributed by atoms with E-state index in [4.69, 9.17) is 0 Å². The standard InChI is InChI=1S/C20H23N3O2/c1-11(2)18-17-13(12-6-3-4-7-14(12)21-17)10-16-19(24)22-9-5-8-15(22)20(25)23(16)18/h3-4,6-7,11,15-16,18,21H,5,8-10H2,1-2H3/t15-,16-,18+/m0/s1. The van der Waals surface area contributed by atoms with Gasteiger partial charge in [0.2, 0.25) is 11.8 Å². The number of hydrogen-bond donors (Lipinski definition) is 1. The van der Waals surface area contributed by atoms with Crippen LogP contribution in [-0.2, 0) is 16.0 Å². The number of nitrogens with one attached hydrogen (secondary N) is 1. The summed E-state index contributed by atoms with van der Waals surface area (Å²) in [7, 11) is 0. The maximum Gasteiger partial charge on any atom is 0.246 e. The van der Waals surface area contributed by atoms with Crippen molar-refractivity contribution in [2.45, 2.75) is 51.2 Å². The van der Waals surface area contributed by atoms with Crippen molar-refractivity contribution in [2.75, 3.05) is 6.54 Å². The predicted molar refractivity (Wildman–Crippen MR) is 95.0 cm³/mol. The maximum atomic E-state index is 13.2. The van der Waals surface area contributed by atoms with E-state index in [1.807, 2.05) is 21.9 Å². The van der Waals surface area contributed by atoms with E-state index in [2.05, 4.69) is 31.0 Å². The molecule has 0 radical (unpaired) electrons. The molecule has 0 saturated carbocycles. The number of rotatable bonds is 1. The van der Waals surface area contributed by atoms with Gasteiger partial charge in [0.05, 0.1) is 6.04 Å². The van der Waals surface area contributed by atoms with Crippen LogP contribution in [0.15, 0.2) is 24.3 Å². The average Bonchev–Trinajstić information content (AvgIpc) is 3.22. The molecule has 130 valence electrons. The number of H-pyrrole nitrogens is 1. The number of carbonyl (C=O) groups excluding carboxylic acids is 2.